The van der Waals surface area contributed by atoms with Crippen LogP contribution < -0.4 is 9.80 Å². The lowest BCUT2D eigenvalue weighted by Crippen LogP contribution is -2.44. The van der Waals surface area contributed by atoms with Crippen molar-refractivity contribution < 1.29 is 8.83 Å². The van der Waals surface area contributed by atoms with E-state index in [0.29, 0.717) is 0 Å². The minimum absolute atomic E-state index is 0.0798. The summed E-state index contributed by atoms with van der Waals surface area (Å²) in [7, 11) is 4.29. The third kappa shape index (κ3) is 4.18. The number of aryl methyl sites for hydroxylation is 4. The Bertz CT molecular complexity index is 2180. The summed E-state index contributed by atoms with van der Waals surface area (Å²) in [5, 5.41) is 0. The van der Waals surface area contributed by atoms with E-state index >= 15 is 0 Å². The van der Waals surface area contributed by atoms with E-state index in [0.717, 1.165) is 11.2 Å². The molecule has 6 aromatic rings. The predicted molar refractivity (Wildman–Crippen MR) is 199 cm³/mol. The van der Waals surface area contributed by atoms with E-state index in [2.05, 4.69) is 134 Å². The molecule has 10 rings (SSSR count). The molecule has 4 aromatic heterocycles. The Morgan fingerprint density at radius 1 is 0.551 bits per heavy atom. The van der Waals surface area contributed by atoms with Crippen LogP contribution in [-0.2, 0) is 25.2 Å². The van der Waals surface area contributed by atoms with Gasteiger partial charge in [0.25, 0.3) is 0 Å². The Labute approximate surface area is 290 Å². The zero-order valence-electron chi connectivity index (χ0n) is 30.1. The van der Waals surface area contributed by atoms with Gasteiger partial charge in [-0.15, -0.1) is 0 Å². The summed E-state index contributed by atoms with van der Waals surface area (Å²) < 4.78 is 17.3. The molecule has 0 radical (unpaired) electrons. The van der Waals surface area contributed by atoms with Crippen LogP contribution in [0.3, 0.4) is 0 Å². The molecule has 6 heteroatoms. The minimum Gasteiger partial charge on any atom is -0.457 e. The van der Waals surface area contributed by atoms with Crippen LogP contribution in [0.15, 0.2) is 81.9 Å². The molecular formula is C43H50N4O2. The van der Waals surface area contributed by atoms with E-state index in [1.165, 1.54) is 114 Å². The fourth-order valence-corrected chi connectivity index (χ4v) is 10.7. The summed E-state index contributed by atoms with van der Waals surface area (Å²) in [5.74, 6) is 2.37. The van der Waals surface area contributed by atoms with Gasteiger partial charge in [-0.1, -0.05) is 68.5 Å². The van der Waals surface area contributed by atoms with Gasteiger partial charge < -0.3 is 27.8 Å². The van der Waals surface area contributed by atoms with Crippen molar-refractivity contribution in [2.24, 2.45) is 14.1 Å². The molecule has 2 aliphatic heterocycles. The fraction of sp³-hybridized carbons (Fsp3) is 0.442. The summed E-state index contributed by atoms with van der Waals surface area (Å²) in [5.41, 5.74) is 13.2. The quantitative estimate of drug-likeness (QED) is 0.186. The Morgan fingerprint density at radius 2 is 0.939 bits per heavy atom. The molecule has 0 N–H and O–H groups in total. The molecule has 6 heterocycles. The van der Waals surface area contributed by atoms with Crippen molar-refractivity contribution in [1.29, 1.82) is 0 Å². The van der Waals surface area contributed by atoms with Gasteiger partial charge in [0.2, 0.25) is 0 Å². The Morgan fingerprint density at radius 3 is 1.35 bits per heavy atom. The van der Waals surface area contributed by atoms with Crippen molar-refractivity contribution in [3.05, 3.63) is 107 Å². The SMILES string of the molecule is Cc1ccccc1N1C(C)c2oc3ccn(C)c3c2C12CCCC2.Cc1ccccc1N1C(C)c2oc3ccn(C)c3c2C12CCCCC2. The van der Waals surface area contributed by atoms with Gasteiger partial charge in [0.15, 0.2) is 11.2 Å². The first kappa shape index (κ1) is 30.7. The van der Waals surface area contributed by atoms with Crippen LogP contribution in [0.2, 0.25) is 0 Å². The average Bonchev–Trinajstić information content (AvgIpc) is 3.96. The highest BCUT2D eigenvalue weighted by atomic mass is 16.3. The molecule has 0 bridgehead atoms. The fourth-order valence-electron chi connectivity index (χ4n) is 10.7. The molecule has 2 aliphatic carbocycles. The maximum absolute atomic E-state index is 6.40. The number of nitrogens with zero attached hydrogens (tertiary/aromatic N) is 4. The Balaban J connectivity index is 0.000000133. The van der Waals surface area contributed by atoms with Gasteiger partial charge in [0.05, 0.1) is 34.2 Å². The number of anilines is 2. The molecule has 4 aliphatic rings. The first-order valence-electron chi connectivity index (χ1n) is 18.6. The number of hydrogen-bond donors (Lipinski definition) is 0. The number of furan rings is 2. The molecular weight excluding hydrogens is 604 g/mol. The van der Waals surface area contributed by atoms with E-state index < -0.39 is 0 Å². The zero-order chi connectivity index (χ0) is 33.7. The zero-order valence-corrected chi connectivity index (χ0v) is 30.1. The molecule has 2 saturated carbocycles. The predicted octanol–water partition coefficient (Wildman–Crippen LogP) is 11.3. The second kappa shape index (κ2) is 11.1. The maximum Gasteiger partial charge on any atom is 0.152 e. The number of aromatic nitrogens is 2. The van der Waals surface area contributed by atoms with Crippen molar-refractivity contribution in [1.82, 2.24) is 9.13 Å². The number of rotatable bonds is 2. The number of para-hydroxylation sites is 2. The molecule has 2 spiro atoms. The van der Waals surface area contributed by atoms with Crippen molar-refractivity contribution in [3.63, 3.8) is 0 Å². The maximum atomic E-state index is 6.40. The highest BCUT2D eigenvalue weighted by Crippen LogP contribution is 2.60. The Kier molecular flexibility index (Phi) is 6.96. The first-order chi connectivity index (χ1) is 23.8. The number of benzene rings is 2. The van der Waals surface area contributed by atoms with Crippen molar-refractivity contribution in [2.45, 2.75) is 109 Å². The first-order valence-corrected chi connectivity index (χ1v) is 18.6. The monoisotopic (exact) mass is 654 g/mol. The van der Waals surface area contributed by atoms with Gasteiger partial charge in [-0.25, -0.2) is 0 Å². The summed E-state index contributed by atoms with van der Waals surface area (Å²) in [6.07, 6.45) is 15.7. The number of hydrogen-bond acceptors (Lipinski definition) is 4. The van der Waals surface area contributed by atoms with Crippen molar-refractivity contribution in [2.75, 3.05) is 9.80 Å². The third-order valence-electron chi connectivity index (χ3n) is 12.7. The highest BCUT2D eigenvalue weighted by molar-refractivity contribution is 5.85. The second-order valence-corrected chi connectivity index (χ2v) is 15.5. The van der Waals surface area contributed by atoms with Crippen LogP contribution in [0.4, 0.5) is 11.4 Å². The topological polar surface area (TPSA) is 42.6 Å². The molecule has 6 nitrogen and oxygen atoms in total. The molecule has 2 unspecified atom stereocenters. The van der Waals surface area contributed by atoms with E-state index in [-0.39, 0.29) is 23.2 Å². The van der Waals surface area contributed by atoms with Crippen LogP contribution in [0.5, 0.6) is 0 Å². The normalized spacial score (nSPS) is 22.0. The average molecular weight is 655 g/mol. The standard InChI is InChI=1S/C22H26N2O.C21H24N2O/c1-15-9-5-6-10-17(15)24-16(2)21-19(22(24)12-7-4-8-13-22)20-18(25-21)11-14-23(20)3;1-14-8-4-5-9-16(14)23-15(2)20-18(21(23)11-6-7-12-21)19-17(24-20)10-13-22(19)3/h5-6,9-11,14,16H,4,7-8,12-13H2,1-3H3;4-5,8-10,13,15H,6-7,11-12H2,1-3H3. The van der Waals surface area contributed by atoms with E-state index in [1.54, 1.807) is 0 Å². The largest absolute Gasteiger partial charge is 0.457 e. The molecule has 49 heavy (non-hydrogen) atoms. The van der Waals surface area contributed by atoms with Gasteiger partial charge in [-0.05, 0) is 88.8 Å². The summed E-state index contributed by atoms with van der Waals surface area (Å²) in [4.78, 5) is 5.35. The minimum atomic E-state index is 0.0798. The third-order valence-corrected chi connectivity index (χ3v) is 12.7. The summed E-state index contributed by atoms with van der Waals surface area (Å²) >= 11 is 0. The molecule has 2 atom stereocenters. The highest BCUT2D eigenvalue weighted by Gasteiger charge is 2.55. The van der Waals surface area contributed by atoms with Crippen LogP contribution >= 0.6 is 0 Å². The number of fused-ring (bicyclic) bond motifs is 8. The lowest BCUT2D eigenvalue weighted by molar-refractivity contribution is 0.284. The van der Waals surface area contributed by atoms with Crippen molar-refractivity contribution in [3.8, 4) is 0 Å². The lowest BCUT2D eigenvalue weighted by Gasteiger charge is -2.45. The summed E-state index contributed by atoms with van der Waals surface area (Å²) in [6.45, 7) is 9.08. The summed E-state index contributed by atoms with van der Waals surface area (Å²) in [6, 6.07) is 22.4. The smallest absolute Gasteiger partial charge is 0.152 e. The van der Waals surface area contributed by atoms with Crippen LogP contribution in [0.1, 0.15) is 117 Å². The van der Waals surface area contributed by atoms with Gasteiger partial charge in [-0.3, -0.25) is 0 Å². The second-order valence-electron chi connectivity index (χ2n) is 15.5. The van der Waals surface area contributed by atoms with Crippen LogP contribution in [-0.4, -0.2) is 9.13 Å². The van der Waals surface area contributed by atoms with Gasteiger partial charge >= 0.3 is 0 Å². The van der Waals surface area contributed by atoms with Gasteiger partial charge in [0.1, 0.15) is 11.5 Å². The molecule has 2 fully saturated rings. The van der Waals surface area contributed by atoms with E-state index in [1.807, 2.05) is 0 Å². The molecule has 0 amide bonds. The lowest BCUT2D eigenvalue weighted by atomic mass is 9.76. The molecule has 0 saturated heterocycles. The van der Waals surface area contributed by atoms with Gasteiger partial charge in [0, 0.05) is 49.0 Å². The molecule has 2 aromatic carbocycles. The van der Waals surface area contributed by atoms with Crippen molar-refractivity contribution >= 4 is 33.6 Å². The molecule has 254 valence electrons. The van der Waals surface area contributed by atoms with Crippen LogP contribution in [0, 0.1) is 13.8 Å². The van der Waals surface area contributed by atoms with E-state index in [9.17, 15) is 0 Å². The van der Waals surface area contributed by atoms with E-state index in [4.69, 9.17) is 8.83 Å². The van der Waals surface area contributed by atoms with Crippen LogP contribution in [0.25, 0.3) is 22.2 Å². The van der Waals surface area contributed by atoms with Gasteiger partial charge in [-0.2, -0.15) is 0 Å². The Hall–Kier alpha value is -4.32.